The zero-order valence-corrected chi connectivity index (χ0v) is 11.6. The van der Waals surface area contributed by atoms with E-state index in [1.54, 1.807) is 43.4 Å². The van der Waals surface area contributed by atoms with Crippen molar-refractivity contribution in [3.8, 4) is 0 Å². The molecule has 0 spiro atoms. The molecule has 0 saturated heterocycles. The minimum absolute atomic E-state index is 0.168. The molecule has 0 heterocycles. The van der Waals surface area contributed by atoms with Crippen molar-refractivity contribution in [3.05, 3.63) is 65.0 Å². The van der Waals surface area contributed by atoms with E-state index in [1.807, 2.05) is 6.92 Å². The van der Waals surface area contributed by atoms with Crippen LogP contribution in [0, 0.1) is 12.7 Å². The van der Waals surface area contributed by atoms with E-state index in [-0.39, 0.29) is 18.3 Å². The summed E-state index contributed by atoms with van der Waals surface area (Å²) in [6, 6.07) is 11.6. The average Bonchev–Trinajstić information content (AvgIpc) is 2.43. The zero-order chi connectivity index (χ0) is 14.7. The first-order chi connectivity index (χ1) is 9.49. The number of carbonyl (C=O) groups is 1. The third kappa shape index (κ3) is 2.96. The van der Waals surface area contributed by atoms with E-state index < -0.39 is 0 Å². The second kappa shape index (κ2) is 5.74. The van der Waals surface area contributed by atoms with Gasteiger partial charge in [-0.15, -0.1) is 0 Å². The number of benzene rings is 2. The van der Waals surface area contributed by atoms with Crippen molar-refractivity contribution in [2.75, 3.05) is 12.8 Å². The molecule has 2 N–H and O–H groups in total. The molecule has 0 unspecified atom stereocenters. The molecule has 2 aromatic carbocycles. The number of rotatable bonds is 3. The highest BCUT2D eigenvalue weighted by molar-refractivity contribution is 5.96. The fourth-order valence-corrected chi connectivity index (χ4v) is 2.03. The van der Waals surface area contributed by atoms with Crippen molar-refractivity contribution in [1.82, 2.24) is 4.90 Å². The largest absolute Gasteiger partial charge is 0.399 e. The number of nitrogen functional groups attached to an aromatic ring is 1. The Morgan fingerprint density at radius 2 is 1.95 bits per heavy atom. The number of nitrogens with two attached hydrogens (primary N) is 1. The van der Waals surface area contributed by atoms with Crippen LogP contribution in [0.3, 0.4) is 0 Å². The van der Waals surface area contributed by atoms with Crippen LogP contribution in [0.4, 0.5) is 10.1 Å². The number of halogens is 1. The van der Waals surface area contributed by atoms with Crippen LogP contribution in [0.5, 0.6) is 0 Å². The van der Waals surface area contributed by atoms with Crippen LogP contribution in [0.25, 0.3) is 0 Å². The monoisotopic (exact) mass is 272 g/mol. The van der Waals surface area contributed by atoms with Gasteiger partial charge in [0.05, 0.1) is 0 Å². The van der Waals surface area contributed by atoms with Gasteiger partial charge < -0.3 is 10.6 Å². The Kier molecular flexibility index (Phi) is 4.03. The highest BCUT2D eigenvalue weighted by Crippen LogP contribution is 2.16. The van der Waals surface area contributed by atoms with Crippen molar-refractivity contribution in [2.45, 2.75) is 13.5 Å². The van der Waals surface area contributed by atoms with Gasteiger partial charge in [-0.05, 0) is 30.7 Å². The summed E-state index contributed by atoms with van der Waals surface area (Å²) in [6.07, 6.45) is 0. The maximum absolute atomic E-state index is 13.6. The summed E-state index contributed by atoms with van der Waals surface area (Å²) in [7, 11) is 1.65. The van der Waals surface area contributed by atoms with Gasteiger partial charge in [0.15, 0.2) is 0 Å². The number of carbonyl (C=O) groups excluding carboxylic acids is 1. The van der Waals surface area contributed by atoms with Gasteiger partial charge in [-0.3, -0.25) is 4.79 Å². The lowest BCUT2D eigenvalue weighted by Crippen LogP contribution is -2.27. The maximum atomic E-state index is 13.6. The molecule has 0 aliphatic carbocycles. The lowest BCUT2D eigenvalue weighted by Gasteiger charge is -2.19. The molecular formula is C16H17FN2O. The highest BCUT2D eigenvalue weighted by Gasteiger charge is 2.15. The Hall–Kier alpha value is -2.36. The van der Waals surface area contributed by atoms with Gasteiger partial charge >= 0.3 is 0 Å². The van der Waals surface area contributed by atoms with Gasteiger partial charge in [-0.25, -0.2) is 4.39 Å². The van der Waals surface area contributed by atoms with E-state index >= 15 is 0 Å². The summed E-state index contributed by atoms with van der Waals surface area (Å²) < 4.78 is 13.6. The summed E-state index contributed by atoms with van der Waals surface area (Å²) in [5, 5.41) is 0. The fourth-order valence-electron chi connectivity index (χ4n) is 2.03. The Morgan fingerprint density at radius 3 is 2.65 bits per heavy atom. The molecule has 104 valence electrons. The standard InChI is InChI=1S/C16H17FN2O/c1-11-7-8-13(18)9-14(11)16(20)19(2)10-12-5-3-4-6-15(12)17/h3-9H,10,18H2,1-2H3. The molecule has 3 nitrogen and oxygen atoms in total. The predicted octanol–water partition coefficient (Wildman–Crippen LogP) is 2.99. The summed E-state index contributed by atoms with van der Waals surface area (Å²) in [5.41, 5.74) is 8.14. The number of aryl methyl sites for hydroxylation is 1. The molecule has 1 amide bonds. The number of hydrogen-bond donors (Lipinski definition) is 1. The smallest absolute Gasteiger partial charge is 0.254 e. The van der Waals surface area contributed by atoms with Crippen molar-refractivity contribution >= 4 is 11.6 Å². The topological polar surface area (TPSA) is 46.3 Å². The van der Waals surface area contributed by atoms with Crippen LogP contribution in [0.15, 0.2) is 42.5 Å². The first kappa shape index (κ1) is 14.1. The van der Waals surface area contributed by atoms with E-state index in [9.17, 15) is 9.18 Å². The molecule has 2 rings (SSSR count). The van der Waals surface area contributed by atoms with Crippen LogP contribution in [-0.2, 0) is 6.54 Å². The number of amides is 1. The lowest BCUT2D eigenvalue weighted by atomic mass is 10.1. The Labute approximate surface area is 117 Å². The summed E-state index contributed by atoms with van der Waals surface area (Å²) in [6.45, 7) is 2.07. The SMILES string of the molecule is Cc1ccc(N)cc1C(=O)N(C)Cc1ccccc1F. The second-order valence-corrected chi connectivity index (χ2v) is 4.83. The molecule has 0 radical (unpaired) electrons. The molecule has 0 bridgehead atoms. The summed E-state index contributed by atoms with van der Waals surface area (Å²) >= 11 is 0. The first-order valence-electron chi connectivity index (χ1n) is 6.34. The van der Waals surface area contributed by atoms with E-state index in [0.29, 0.717) is 16.8 Å². The normalized spacial score (nSPS) is 10.3. The van der Waals surface area contributed by atoms with Crippen molar-refractivity contribution in [2.24, 2.45) is 0 Å². The van der Waals surface area contributed by atoms with Gasteiger partial charge in [0.25, 0.3) is 5.91 Å². The molecule has 0 atom stereocenters. The van der Waals surface area contributed by atoms with Gasteiger partial charge in [0.2, 0.25) is 0 Å². The molecular weight excluding hydrogens is 255 g/mol. The van der Waals surface area contributed by atoms with Gasteiger partial charge in [-0.1, -0.05) is 24.3 Å². The Bertz CT molecular complexity index is 640. The van der Waals surface area contributed by atoms with Crippen LogP contribution < -0.4 is 5.73 Å². The lowest BCUT2D eigenvalue weighted by molar-refractivity contribution is 0.0783. The first-order valence-corrected chi connectivity index (χ1v) is 6.34. The van der Waals surface area contributed by atoms with Crippen molar-refractivity contribution in [1.29, 1.82) is 0 Å². The third-order valence-corrected chi connectivity index (χ3v) is 3.20. The molecule has 2 aromatic rings. The fraction of sp³-hybridized carbons (Fsp3) is 0.188. The van der Waals surface area contributed by atoms with E-state index in [1.165, 1.54) is 11.0 Å². The molecule has 0 fully saturated rings. The van der Waals surface area contributed by atoms with E-state index in [2.05, 4.69) is 0 Å². The summed E-state index contributed by atoms with van der Waals surface area (Å²) in [4.78, 5) is 13.9. The quantitative estimate of drug-likeness (QED) is 0.873. The van der Waals surface area contributed by atoms with Gasteiger partial charge in [-0.2, -0.15) is 0 Å². The second-order valence-electron chi connectivity index (χ2n) is 4.83. The highest BCUT2D eigenvalue weighted by atomic mass is 19.1. The third-order valence-electron chi connectivity index (χ3n) is 3.20. The van der Waals surface area contributed by atoms with Gasteiger partial charge in [0.1, 0.15) is 5.82 Å². The molecule has 4 heteroatoms. The van der Waals surface area contributed by atoms with Crippen molar-refractivity contribution < 1.29 is 9.18 Å². The molecule has 0 aromatic heterocycles. The molecule has 0 aliphatic heterocycles. The predicted molar refractivity (Wildman–Crippen MR) is 77.8 cm³/mol. The maximum Gasteiger partial charge on any atom is 0.254 e. The zero-order valence-electron chi connectivity index (χ0n) is 11.6. The van der Waals surface area contributed by atoms with E-state index in [4.69, 9.17) is 5.73 Å². The van der Waals surface area contributed by atoms with Crippen LogP contribution in [-0.4, -0.2) is 17.9 Å². The minimum Gasteiger partial charge on any atom is -0.399 e. The number of nitrogens with zero attached hydrogens (tertiary/aromatic N) is 1. The molecule has 20 heavy (non-hydrogen) atoms. The molecule has 0 saturated carbocycles. The summed E-state index contributed by atoms with van der Waals surface area (Å²) in [5.74, 6) is -0.477. The Morgan fingerprint density at radius 1 is 1.25 bits per heavy atom. The van der Waals surface area contributed by atoms with Gasteiger partial charge in [0, 0.05) is 30.4 Å². The number of hydrogen-bond acceptors (Lipinski definition) is 2. The van der Waals surface area contributed by atoms with Crippen LogP contribution in [0.2, 0.25) is 0 Å². The minimum atomic E-state index is -0.309. The van der Waals surface area contributed by atoms with E-state index in [0.717, 1.165) is 5.56 Å². The van der Waals surface area contributed by atoms with Crippen LogP contribution >= 0.6 is 0 Å². The Balaban J connectivity index is 2.21. The van der Waals surface area contributed by atoms with Crippen molar-refractivity contribution in [3.63, 3.8) is 0 Å². The number of anilines is 1. The average molecular weight is 272 g/mol. The molecule has 0 aliphatic rings. The van der Waals surface area contributed by atoms with Crippen LogP contribution in [0.1, 0.15) is 21.5 Å².